The largest absolute Gasteiger partial charge is 0.289 e. The molecule has 0 aliphatic carbocycles. The second kappa shape index (κ2) is 8.79. The minimum absolute atomic E-state index is 0.197. The smallest absolute Gasteiger partial charge is 0.262 e. The Morgan fingerprint density at radius 2 is 1.93 bits per heavy atom. The Balaban J connectivity index is 1.48. The molecule has 0 saturated heterocycles. The van der Waals surface area contributed by atoms with Crippen LogP contribution in [0.3, 0.4) is 0 Å². The number of carbonyl (C=O) groups excluding carboxylic acids is 1. The fourth-order valence-electron chi connectivity index (χ4n) is 2.78. The van der Waals surface area contributed by atoms with E-state index in [0.717, 1.165) is 10.4 Å². The average Bonchev–Trinajstić information content (AvgIpc) is 3.19. The third kappa shape index (κ3) is 4.43. The molecule has 0 unspecified atom stereocenters. The molecule has 9 heteroatoms. The predicted molar refractivity (Wildman–Crippen MR) is 122 cm³/mol. The van der Waals surface area contributed by atoms with Gasteiger partial charge in [-0.05, 0) is 29.3 Å². The summed E-state index contributed by atoms with van der Waals surface area (Å²) in [7, 11) is 0. The van der Waals surface area contributed by atoms with Gasteiger partial charge in [0.2, 0.25) is 0 Å². The number of hydrogen-bond donors (Lipinski definition) is 1. The molecule has 4 rings (SSSR count). The number of rotatable bonds is 5. The summed E-state index contributed by atoms with van der Waals surface area (Å²) in [6.07, 6.45) is 2.81. The van der Waals surface area contributed by atoms with Crippen molar-refractivity contribution in [3.8, 4) is 10.4 Å². The molecule has 0 atom stereocenters. The van der Waals surface area contributed by atoms with Crippen molar-refractivity contribution < 1.29 is 4.79 Å². The molecule has 2 heterocycles. The second-order valence-corrected chi connectivity index (χ2v) is 8.18. The van der Waals surface area contributed by atoms with Crippen molar-refractivity contribution >= 4 is 56.9 Å². The number of thiophene rings is 1. The molecule has 0 fully saturated rings. The van der Waals surface area contributed by atoms with Gasteiger partial charge in [0, 0.05) is 4.88 Å². The van der Waals surface area contributed by atoms with Gasteiger partial charge < -0.3 is 0 Å². The lowest BCUT2D eigenvalue weighted by Crippen LogP contribution is -2.29. The summed E-state index contributed by atoms with van der Waals surface area (Å²) in [5.41, 5.74) is 3.81. The Kier molecular flexibility index (Phi) is 5.94. The molecule has 1 N–H and O–H groups in total. The maximum atomic E-state index is 12.8. The van der Waals surface area contributed by atoms with E-state index in [1.807, 2.05) is 36.4 Å². The van der Waals surface area contributed by atoms with E-state index in [4.69, 9.17) is 23.2 Å². The van der Waals surface area contributed by atoms with E-state index in [9.17, 15) is 9.59 Å². The topological polar surface area (TPSA) is 76.3 Å². The van der Waals surface area contributed by atoms with Crippen LogP contribution in [0.25, 0.3) is 20.7 Å². The van der Waals surface area contributed by atoms with E-state index in [2.05, 4.69) is 15.5 Å². The van der Waals surface area contributed by atoms with E-state index >= 15 is 0 Å². The molecular formula is C21H14Cl2N4O2S. The highest BCUT2D eigenvalue weighted by Gasteiger charge is 2.12. The molecule has 0 aliphatic heterocycles. The monoisotopic (exact) mass is 456 g/mol. The van der Waals surface area contributed by atoms with E-state index in [1.165, 1.54) is 28.4 Å². The first-order valence-corrected chi connectivity index (χ1v) is 10.4. The molecule has 0 aliphatic rings. The minimum atomic E-state index is -0.451. The minimum Gasteiger partial charge on any atom is -0.289 e. The molecule has 1 amide bonds. The van der Waals surface area contributed by atoms with E-state index < -0.39 is 5.91 Å². The van der Waals surface area contributed by atoms with Crippen LogP contribution in [0.4, 0.5) is 0 Å². The van der Waals surface area contributed by atoms with Crippen molar-refractivity contribution in [2.45, 2.75) is 6.54 Å². The summed E-state index contributed by atoms with van der Waals surface area (Å²) in [6, 6.07) is 16.5. The number of benzene rings is 2. The quantitative estimate of drug-likeness (QED) is 0.352. The highest BCUT2D eigenvalue weighted by atomic mass is 35.5. The predicted octanol–water partition coefficient (Wildman–Crippen LogP) is 4.58. The molecule has 2 aromatic heterocycles. The molecular weight excluding hydrogens is 443 g/mol. The van der Waals surface area contributed by atoms with Gasteiger partial charge in [0.1, 0.15) is 11.4 Å². The number of halogens is 2. The molecule has 0 saturated carbocycles. The lowest BCUT2D eigenvalue weighted by atomic mass is 10.2. The van der Waals surface area contributed by atoms with Crippen molar-refractivity contribution in [1.29, 1.82) is 0 Å². The van der Waals surface area contributed by atoms with Crippen LogP contribution < -0.4 is 11.0 Å². The molecule has 0 bridgehead atoms. The van der Waals surface area contributed by atoms with E-state index in [1.54, 1.807) is 18.2 Å². The SMILES string of the molecule is O=C(Cn1cnc2sc(-c3ccccc3)cc2c1=O)NN=Cc1ccc(Cl)c(Cl)c1. The maximum Gasteiger partial charge on any atom is 0.262 e. The number of amides is 1. The van der Waals surface area contributed by atoms with Crippen LogP contribution in [0.1, 0.15) is 5.56 Å². The van der Waals surface area contributed by atoms with Crippen molar-refractivity contribution in [1.82, 2.24) is 15.0 Å². The van der Waals surface area contributed by atoms with Crippen molar-refractivity contribution in [3.63, 3.8) is 0 Å². The first-order chi connectivity index (χ1) is 14.5. The molecule has 6 nitrogen and oxygen atoms in total. The first kappa shape index (κ1) is 20.3. The number of hydrazone groups is 1. The Bertz CT molecular complexity index is 1320. The third-order valence-corrected chi connectivity index (χ3v) is 6.07. The van der Waals surface area contributed by atoms with Gasteiger partial charge in [-0.1, -0.05) is 59.6 Å². The zero-order valence-electron chi connectivity index (χ0n) is 15.4. The zero-order valence-corrected chi connectivity index (χ0v) is 17.7. The van der Waals surface area contributed by atoms with Gasteiger partial charge in [0.25, 0.3) is 11.5 Å². The van der Waals surface area contributed by atoms with Crippen LogP contribution in [-0.4, -0.2) is 21.7 Å². The van der Waals surface area contributed by atoms with Crippen molar-refractivity contribution in [2.24, 2.45) is 5.10 Å². The lowest BCUT2D eigenvalue weighted by molar-refractivity contribution is -0.121. The number of hydrogen-bond acceptors (Lipinski definition) is 5. The number of carbonyl (C=O) groups is 1. The standard InChI is InChI=1S/C21H14Cl2N4O2S/c22-16-7-6-13(8-17(16)23)10-25-26-19(28)11-27-12-24-20-15(21(27)29)9-18(30-20)14-4-2-1-3-5-14/h1-10,12H,11H2,(H,26,28). The maximum absolute atomic E-state index is 12.8. The molecule has 30 heavy (non-hydrogen) atoms. The van der Waals surface area contributed by atoms with Gasteiger partial charge in [-0.2, -0.15) is 5.10 Å². The summed E-state index contributed by atoms with van der Waals surface area (Å²) in [6.45, 7) is -0.197. The molecule has 0 spiro atoms. The number of aromatic nitrogens is 2. The summed E-state index contributed by atoms with van der Waals surface area (Å²) < 4.78 is 1.26. The Labute approximate surface area is 185 Å². The highest BCUT2D eigenvalue weighted by Crippen LogP contribution is 2.30. The van der Waals surface area contributed by atoms with Crippen LogP contribution in [0.5, 0.6) is 0 Å². The molecule has 0 radical (unpaired) electrons. The van der Waals surface area contributed by atoms with Crippen LogP contribution in [0.2, 0.25) is 10.0 Å². The number of nitrogens with one attached hydrogen (secondary N) is 1. The van der Waals surface area contributed by atoms with E-state index in [0.29, 0.717) is 25.8 Å². The van der Waals surface area contributed by atoms with Crippen molar-refractivity contribution in [2.75, 3.05) is 0 Å². The highest BCUT2D eigenvalue weighted by molar-refractivity contribution is 7.21. The second-order valence-electron chi connectivity index (χ2n) is 6.34. The summed E-state index contributed by atoms with van der Waals surface area (Å²) in [5.74, 6) is -0.451. The average molecular weight is 457 g/mol. The molecule has 150 valence electrons. The van der Waals surface area contributed by atoms with Crippen LogP contribution in [0.15, 0.2) is 70.8 Å². The summed E-state index contributed by atoms with van der Waals surface area (Å²) in [4.78, 5) is 30.8. The fraction of sp³-hybridized carbons (Fsp3) is 0.0476. The first-order valence-electron chi connectivity index (χ1n) is 8.82. The van der Waals surface area contributed by atoms with Gasteiger partial charge in [-0.3, -0.25) is 14.2 Å². The normalized spacial score (nSPS) is 11.3. The van der Waals surface area contributed by atoms with Gasteiger partial charge >= 0.3 is 0 Å². The van der Waals surface area contributed by atoms with Gasteiger partial charge in [0.05, 0.1) is 28.0 Å². The van der Waals surface area contributed by atoms with Gasteiger partial charge in [-0.15, -0.1) is 11.3 Å². The fourth-order valence-corrected chi connectivity index (χ4v) is 4.08. The van der Waals surface area contributed by atoms with E-state index in [-0.39, 0.29) is 12.1 Å². The van der Waals surface area contributed by atoms with Gasteiger partial charge in [-0.25, -0.2) is 10.4 Å². The third-order valence-electron chi connectivity index (χ3n) is 4.24. The lowest BCUT2D eigenvalue weighted by Gasteiger charge is -2.03. The number of nitrogens with zero attached hydrogens (tertiary/aromatic N) is 3. The zero-order chi connectivity index (χ0) is 21.1. The van der Waals surface area contributed by atoms with Crippen LogP contribution >= 0.6 is 34.5 Å². The molecule has 4 aromatic rings. The molecule has 2 aromatic carbocycles. The summed E-state index contributed by atoms with van der Waals surface area (Å²) in [5, 5.41) is 5.19. The Morgan fingerprint density at radius 1 is 1.13 bits per heavy atom. The summed E-state index contributed by atoms with van der Waals surface area (Å²) >= 11 is 13.2. The van der Waals surface area contributed by atoms with Crippen molar-refractivity contribution in [3.05, 3.63) is 86.9 Å². The Morgan fingerprint density at radius 3 is 2.70 bits per heavy atom. The Hall–Kier alpha value is -3.00. The van der Waals surface area contributed by atoms with Gasteiger partial charge in [0.15, 0.2) is 0 Å². The number of fused-ring (bicyclic) bond motifs is 1. The van der Waals surface area contributed by atoms with Crippen LogP contribution in [0, 0.1) is 0 Å². The van der Waals surface area contributed by atoms with Crippen LogP contribution in [-0.2, 0) is 11.3 Å².